The predicted octanol–water partition coefficient (Wildman–Crippen LogP) is 3.33. The van der Waals surface area contributed by atoms with Crippen molar-refractivity contribution in [2.75, 3.05) is 18.5 Å². The number of halogens is 1. The highest BCUT2D eigenvalue weighted by Crippen LogP contribution is 2.27. The quantitative estimate of drug-likeness (QED) is 0.875. The largest absolute Gasteiger partial charge is 0.374 e. The fraction of sp³-hybridized carbons (Fsp3) is 0.571. The molecule has 0 saturated heterocycles. The van der Waals surface area contributed by atoms with Crippen molar-refractivity contribution in [1.82, 2.24) is 0 Å². The molecule has 0 amide bonds. The molecule has 96 valence electrons. The second-order valence-electron chi connectivity index (χ2n) is 5.91. The fourth-order valence-corrected chi connectivity index (χ4v) is 2.03. The van der Waals surface area contributed by atoms with Crippen molar-refractivity contribution in [3.63, 3.8) is 0 Å². The number of hydrogen-bond acceptors (Lipinski definition) is 2. The number of rotatable bonds is 3. The lowest BCUT2D eigenvalue weighted by Gasteiger charge is -2.30. The molecule has 0 aromatic heterocycles. The van der Waals surface area contributed by atoms with Crippen LogP contribution >= 0.6 is 0 Å². The van der Waals surface area contributed by atoms with Crippen LogP contribution in [-0.2, 0) is 0 Å². The van der Waals surface area contributed by atoms with Gasteiger partial charge in [-0.1, -0.05) is 20.8 Å². The van der Waals surface area contributed by atoms with Gasteiger partial charge in [0.25, 0.3) is 0 Å². The first-order valence-corrected chi connectivity index (χ1v) is 5.97. The maximum absolute atomic E-state index is 13.2. The van der Waals surface area contributed by atoms with Crippen LogP contribution in [0.15, 0.2) is 18.2 Å². The van der Waals surface area contributed by atoms with E-state index in [2.05, 4.69) is 25.7 Å². The summed E-state index contributed by atoms with van der Waals surface area (Å²) in [6.45, 7) is 9.32. The summed E-state index contributed by atoms with van der Waals surface area (Å²) in [5.74, 6) is -0.231. The van der Waals surface area contributed by atoms with E-state index in [-0.39, 0.29) is 17.3 Å². The third-order valence-corrected chi connectivity index (χ3v) is 2.60. The number of hydrogen-bond donors (Lipinski definition) is 1. The molecule has 0 spiro atoms. The monoisotopic (exact) mass is 238 g/mol. The standard InChI is InChI=1S/C14H23FN2/c1-10(16)12-8-11(15)6-7-13(12)17(5)9-14(2,3)4/h6-8,10H,9,16H2,1-5H3/t10-/m0/s1. The SMILES string of the molecule is C[C@H](N)c1cc(F)ccc1N(C)CC(C)(C)C. The molecule has 0 saturated carbocycles. The first kappa shape index (κ1) is 14.0. The normalized spacial score (nSPS) is 13.6. The van der Waals surface area contributed by atoms with Crippen LogP contribution in [0, 0.1) is 11.2 Å². The van der Waals surface area contributed by atoms with Gasteiger partial charge in [0.2, 0.25) is 0 Å². The molecule has 0 unspecified atom stereocenters. The topological polar surface area (TPSA) is 29.3 Å². The minimum Gasteiger partial charge on any atom is -0.374 e. The molecule has 1 atom stereocenters. The van der Waals surface area contributed by atoms with Gasteiger partial charge in [0.05, 0.1) is 0 Å². The molecule has 3 heteroatoms. The first-order valence-electron chi connectivity index (χ1n) is 5.97. The number of nitrogens with two attached hydrogens (primary N) is 1. The Balaban J connectivity index is 3.04. The van der Waals surface area contributed by atoms with Crippen LogP contribution in [0.2, 0.25) is 0 Å². The van der Waals surface area contributed by atoms with E-state index >= 15 is 0 Å². The molecule has 0 aliphatic rings. The van der Waals surface area contributed by atoms with Crippen LogP contribution < -0.4 is 10.6 Å². The van der Waals surface area contributed by atoms with Gasteiger partial charge in [0.1, 0.15) is 5.82 Å². The summed E-state index contributed by atoms with van der Waals surface area (Å²) in [5.41, 5.74) is 7.95. The minimum absolute atomic E-state index is 0.164. The summed E-state index contributed by atoms with van der Waals surface area (Å²) in [4.78, 5) is 2.14. The Morgan fingerprint density at radius 3 is 2.41 bits per heavy atom. The molecule has 0 bridgehead atoms. The summed E-state index contributed by atoms with van der Waals surface area (Å²) in [6, 6.07) is 4.65. The van der Waals surface area contributed by atoms with Crippen molar-refractivity contribution < 1.29 is 4.39 Å². The lowest BCUT2D eigenvalue weighted by Crippen LogP contribution is -2.30. The van der Waals surface area contributed by atoms with Crippen LogP contribution in [0.25, 0.3) is 0 Å². The first-order chi connectivity index (χ1) is 7.70. The Morgan fingerprint density at radius 1 is 1.35 bits per heavy atom. The summed E-state index contributed by atoms with van der Waals surface area (Å²) in [7, 11) is 2.02. The molecule has 0 heterocycles. The van der Waals surface area contributed by atoms with Gasteiger partial charge >= 0.3 is 0 Å². The Labute approximate surface area is 104 Å². The van der Waals surface area contributed by atoms with E-state index in [9.17, 15) is 4.39 Å². The average molecular weight is 238 g/mol. The third kappa shape index (κ3) is 4.00. The number of nitrogens with zero attached hydrogens (tertiary/aromatic N) is 1. The summed E-state index contributed by atoms with van der Waals surface area (Å²) >= 11 is 0. The maximum atomic E-state index is 13.2. The van der Waals surface area contributed by atoms with Gasteiger partial charge in [0, 0.05) is 25.3 Å². The van der Waals surface area contributed by atoms with Crippen LogP contribution in [0.5, 0.6) is 0 Å². The van der Waals surface area contributed by atoms with E-state index in [0.717, 1.165) is 17.8 Å². The predicted molar refractivity (Wildman–Crippen MR) is 71.7 cm³/mol. The van der Waals surface area contributed by atoms with Crippen LogP contribution in [0.4, 0.5) is 10.1 Å². The Kier molecular flexibility index (Phi) is 4.15. The Bertz CT molecular complexity index is 380. The molecule has 0 radical (unpaired) electrons. The number of benzene rings is 1. The zero-order valence-electron chi connectivity index (χ0n) is 11.4. The molecule has 1 rings (SSSR count). The molecule has 0 fully saturated rings. The molecule has 0 aliphatic heterocycles. The van der Waals surface area contributed by atoms with Gasteiger partial charge < -0.3 is 10.6 Å². The molecule has 2 nitrogen and oxygen atoms in total. The molecular weight excluding hydrogens is 215 g/mol. The van der Waals surface area contributed by atoms with Gasteiger partial charge in [0.15, 0.2) is 0 Å². The van der Waals surface area contributed by atoms with Gasteiger partial charge in [-0.2, -0.15) is 0 Å². The third-order valence-electron chi connectivity index (χ3n) is 2.60. The summed E-state index contributed by atoms with van der Waals surface area (Å²) in [6.07, 6.45) is 0. The summed E-state index contributed by atoms with van der Waals surface area (Å²) in [5, 5.41) is 0. The van der Waals surface area contributed by atoms with E-state index in [1.54, 1.807) is 6.07 Å². The van der Waals surface area contributed by atoms with Gasteiger partial charge in [-0.05, 0) is 36.1 Å². The Morgan fingerprint density at radius 2 is 1.94 bits per heavy atom. The molecular formula is C14H23FN2. The van der Waals surface area contributed by atoms with E-state index in [1.165, 1.54) is 12.1 Å². The van der Waals surface area contributed by atoms with Crippen molar-refractivity contribution in [3.8, 4) is 0 Å². The van der Waals surface area contributed by atoms with Crippen LogP contribution in [0.3, 0.4) is 0 Å². The van der Waals surface area contributed by atoms with Crippen molar-refractivity contribution >= 4 is 5.69 Å². The van der Waals surface area contributed by atoms with E-state index in [0.29, 0.717) is 0 Å². The second kappa shape index (κ2) is 5.05. The minimum atomic E-state index is -0.231. The van der Waals surface area contributed by atoms with E-state index in [1.807, 2.05) is 14.0 Å². The second-order valence-corrected chi connectivity index (χ2v) is 5.91. The molecule has 1 aromatic carbocycles. The Hall–Kier alpha value is -1.09. The van der Waals surface area contributed by atoms with Gasteiger partial charge in [-0.15, -0.1) is 0 Å². The van der Waals surface area contributed by atoms with Crippen molar-refractivity contribution in [1.29, 1.82) is 0 Å². The van der Waals surface area contributed by atoms with Crippen molar-refractivity contribution in [2.24, 2.45) is 11.1 Å². The van der Waals surface area contributed by atoms with Gasteiger partial charge in [-0.25, -0.2) is 4.39 Å². The number of anilines is 1. The molecule has 17 heavy (non-hydrogen) atoms. The van der Waals surface area contributed by atoms with E-state index < -0.39 is 0 Å². The summed E-state index contributed by atoms with van der Waals surface area (Å²) < 4.78 is 13.2. The lowest BCUT2D eigenvalue weighted by atomic mass is 9.95. The van der Waals surface area contributed by atoms with E-state index in [4.69, 9.17) is 5.73 Å². The zero-order chi connectivity index (χ0) is 13.2. The maximum Gasteiger partial charge on any atom is 0.123 e. The molecule has 0 aliphatic carbocycles. The van der Waals surface area contributed by atoms with Crippen LogP contribution in [-0.4, -0.2) is 13.6 Å². The smallest absolute Gasteiger partial charge is 0.123 e. The van der Waals surface area contributed by atoms with Crippen molar-refractivity contribution in [3.05, 3.63) is 29.6 Å². The van der Waals surface area contributed by atoms with Crippen LogP contribution in [0.1, 0.15) is 39.3 Å². The highest BCUT2D eigenvalue weighted by molar-refractivity contribution is 5.54. The van der Waals surface area contributed by atoms with Crippen molar-refractivity contribution in [2.45, 2.75) is 33.7 Å². The highest BCUT2D eigenvalue weighted by Gasteiger charge is 2.17. The molecule has 1 aromatic rings. The fourth-order valence-electron chi connectivity index (χ4n) is 2.03. The van der Waals surface area contributed by atoms with Gasteiger partial charge in [-0.3, -0.25) is 0 Å². The lowest BCUT2D eigenvalue weighted by molar-refractivity contribution is 0.418. The molecule has 2 N–H and O–H groups in total. The zero-order valence-corrected chi connectivity index (χ0v) is 11.4. The highest BCUT2D eigenvalue weighted by atomic mass is 19.1. The average Bonchev–Trinajstić information content (AvgIpc) is 2.14.